The number of carbonyl (C=O) groups excluding carboxylic acids is 1. The highest BCUT2D eigenvalue weighted by atomic mass is 16.5. The van der Waals surface area contributed by atoms with E-state index >= 15 is 0 Å². The Kier molecular flexibility index (Phi) is 4.50. The number of pyridine rings is 1. The Labute approximate surface area is 191 Å². The van der Waals surface area contributed by atoms with Gasteiger partial charge in [-0.25, -0.2) is 4.98 Å². The van der Waals surface area contributed by atoms with Crippen LogP contribution in [-0.2, 0) is 13.6 Å². The van der Waals surface area contributed by atoms with E-state index in [4.69, 9.17) is 9.72 Å². The molecule has 2 aromatic heterocycles. The number of hydrogen-bond acceptors (Lipinski definition) is 5. The van der Waals surface area contributed by atoms with Gasteiger partial charge in [0, 0.05) is 29.8 Å². The molecule has 7 heteroatoms. The van der Waals surface area contributed by atoms with E-state index in [-0.39, 0.29) is 5.91 Å². The van der Waals surface area contributed by atoms with Crippen molar-refractivity contribution in [3.63, 3.8) is 0 Å². The maximum Gasteiger partial charge on any atom is 0.260 e. The van der Waals surface area contributed by atoms with Gasteiger partial charge in [0.15, 0.2) is 5.82 Å². The Morgan fingerprint density at radius 3 is 2.55 bits per heavy atom. The number of amides is 1. The van der Waals surface area contributed by atoms with Gasteiger partial charge in [0.05, 0.1) is 13.7 Å². The summed E-state index contributed by atoms with van der Waals surface area (Å²) in [4.78, 5) is 20.0. The van der Waals surface area contributed by atoms with Crippen molar-refractivity contribution in [2.45, 2.75) is 25.3 Å². The number of rotatable bonds is 5. The summed E-state index contributed by atoms with van der Waals surface area (Å²) in [6.45, 7) is 0.483. The quantitative estimate of drug-likeness (QED) is 0.457. The number of hydrogen-bond donors (Lipinski definition) is 0. The average Bonchev–Trinajstić information content (AvgIpc) is 3.54. The summed E-state index contributed by atoms with van der Waals surface area (Å²) in [6, 6.07) is 17.9. The highest BCUT2D eigenvalue weighted by molar-refractivity contribution is 6.10. The van der Waals surface area contributed by atoms with Crippen LogP contribution in [0.3, 0.4) is 0 Å². The first-order valence-electron chi connectivity index (χ1n) is 11.1. The van der Waals surface area contributed by atoms with Gasteiger partial charge in [-0.1, -0.05) is 24.3 Å². The minimum absolute atomic E-state index is 0.0272. The normalized spacial score (nSPS) is 15.1. The first-order chi connectivity index (χ1) is 16.1. The number of methoxy groups -OCH3 is 1. The molecule has 7 nitrogen and oxygen atoms in total. The van der Waals surface area contributed by atoms with Crippen LogP contribution >= 0.6 is 0 Å². The van der Waals surface area contributed by atoms with Crippen molar-refractivity contribution < 1.29 is 9.53 Å². The minimum Gasteiger partial charge on any atom is -0.497 e. The van der Waals surface area contributed by atoms with E-state index < -0.39 is 0 Å². The van der Waals surface area contributed by atoms with Crippen LogP contribution in [0.4, 0.5) is 5.82 Å². The zero-order valence-corrected chi connectivity index (χ0v) is 18.5. The van der Waals surface area contributed by atoms with Crippen LogP contribution in [0, 0.1) is 0 Å². The molecule has 0 radical (unpaired) electrons. The summed E-state index contributed by atoms with van der Waals surface area (Å²) in [5.41, 5.74) is 5.77. The highest BCUT2D eigenvalue weighted by Crippen LogP contribution is 2.43. The molecule has 0 N–H and O–H groups in total. The van der Waals surface area contributed by atoms with Crippen LogP contribution in [0.2, 0.25) is 0 Å². The Morgan fingerprint density at radius 1 is 1.00 bits per heavy atom. The number of aryl methyl sites for hydroxylation is 1. The fourth-order valence-corrected chi connectivity index (χ4v) is 4.48. The Morgan fingerprint density at radius 2 is 1.82 bits per heavy atom. The number of aromatic nitrogens is 4. The lowest BCUT2D eigenvalue weighted by atomic mass is 9.98. The van der Waals surface area contributed by atoms with E-state index in [1.807, 2.05) is 48.0 Å². The molecule has 1 aliphatic carbocycles. The summed E-state index contributed by atoms with van der Waals surface area (Å²) < 4.78 is 7.26. The molecule has 33 heavy (non-hydrogen) atoms. The molecule has 3 heterocycles. The topological polar surface area (TPSA) is 73.1 Å². The number of benzene rings is 2. The van der Waals surface area contributed by atoms with Crippen LogP contribution in [0.25, 0.3) is 22.5 Å². The van der Waals surface area contributed by atoms with E-state index in [0.29, 0.717) is 23.8 Å². The lowest BCUT2D eigenvalue weighted by molar-refractivity contribution is 0.0996. The molecule has 2 aromatic carbocycles. The zero-order chi connectivity index (χ0) is 22.5. The number of fused-ring (bicyclic) bond motifs is 1. The van der Waals surface area contributed by atoms with Gasteiger partial charge in [0.25, 0.3) is 5.91 Å². The third-order valence-corrected chi connectivity index (χ3v) is 6.41. The molecule has 164 valence electrons. The Balaban J connectivity index is 1.46. The SMILES string of the molecule is COc1ccc2c(c1)CN(c1cc(-c3ccccc3-c3nncn3C)cc(C3CC3)n1)C2=O. The van der Waals surface area contributed by atoms with Crippen LogP contribution < -0.4 is 9.64 Å². The third-order valence-electron chi connectivity index (χ3n) is 6.41. The van der Waals surface area contributed by atoms with Crippen molar-refractivity contribution in [2.75, 3.05) is 12.0 Å². The van der Waals surface area contributed by atoms with E-state index in [2.05, 4.69) is 28.4 Å². The molecule has 1 fully saturated rings. The molecule has 1 aliphatic heterocycles. The van der Waals surface area contributed by atoms with Crippen molar-refractivity contribution in [1.29, 1.82) is 0 Å². The Hall–Kier alpha value is -4.00. The van der Waals surface area contributed by atoms with Crippen LogP contribution in [-0.4, -0.2) is 32.8 Å². The van der Waals surface area contributed by atoms with Gasteiger partial charge in [-0.2, -0.15) is 0 Å². The average molecular weight is 438 g/mol. The minimum atomic E-state index is -0.0272. The smallest absolute Gasteiger partial charge is 0.260 e. The molecule has 1 saturated carbocycles. The zero-order valence-electron chi connectivity index (χ0n) is 18.5. The van der Waals surface area contributed by atoms with Gasteiger partial charge in [0.2, 0.25) is 0 Å². The molecular weight excluding hydrogens is 414 g/mol. The first-order valence-corrected chi connectivity index (χ1v) is 11.1. The number of nitrogens with zero attached hydrogens (tertiary/aromatic N) is 5. The van der Waals surface area contributed by atoms with Crippen LogP contribution in [0.15, 0.2) is 60.9 Å². The largest absolute Gasteiger partial charge is 0.497 e. The predicted molar refractivity (Wildman–Crippen MR) is 125 cm³/mol. The third kappa shape index (κ3) is 3.36. The lowest BCUT2D eigenvalue weighted by Crippen LogP contribution is -2.24. The van der Waals surface area contributed by atoms with Gasteiger partial charge in [-0.15, -0.1) is 10.2 Å². The maximum atomic E-state index is 13.3. The predicted octanol–water partition coefficient (Wildman–Crippen LogP) is 4.59. The molecule has 2 aliphatic rings. The summed E-state index contributed by atoms with van der Waals surface area (Å²) in [7, 11) is 3.58. The van der Waals surface area contributed by atoms with Gasteiger partial charge in [-0.3, -0.25) is 9.69 Å². The van der Waals surface area contributed by atoms with Crippen molar-refractivity contribution in [2.24, 2.45) is 7.05 Å². The molecular formula is C26H23N5O2. The van der Waals surface area contributed by atoms with Crippen molar-refractivity contribution in [1.82, 2.24) is 19.7 Å². The molecule has 0 bridgehead atoms. The molecule has 4 aromatic rings. The molecule has 6 rings (SSSR count). The standard InChI is InChI=1S/C26H23N5O2/c1-30-15-27-29-25(30)22-6-4-3-5-20(22)17-12-23(16-7-8-16)28-24(13-17)31-14-18-11-19(33-2)9-10-21(18)26(31)32/h3-6,9-13,15-16H,7-8,14H2,1-2H3. The van der Waals surface area contributed by atoms with E-state index in [0.717, 1.165) is 52.4 Å². The van der Waals surface area contributed by atoms with Crippen molar-refractivity contribution in [3.8, 4) is 28.3 Å². The summed E-state index contributed by atoms with van der Waals surface area (Å²) in [5, 5.41) is 8.37. The maximum absolute atomic E-state index is 13.3. The summed E-state index contributed by atoms with van der Waals surface area (Å²) in [5.74, 6) is 2.66. The van der Waals surface area contributed by atoms with E-state index in [9.17, 15) is 4.79 Å². The molecule has 1 amide bonds. The molecule has 0 atom stereocenters. The second-order valence-corrected chi connectivity index (χ2v) is 8.64. The highest BCUT2D eigenvalue weighted by Gasteiger charge is 2.32. The van der Waals surface area contributed by atoms with Gasteiger partial charge < -0.3 is 9.30 Å². The second-order valence-electron chi connectivity index (χ2n) is 8.64. The fourth-order valence-electron chi connectivity index (χ4n) is 4.48. The lowest BCUT2D eigenvalue weighted by Gasteiger charge is -2.18. The van der Waals surface area contributed by atoms with E-state index in [1.165, 1.54) is 0 Å². The number of ether oxygens (including phenoxy) is 1. The van der Waals surface area contributed by atoms with E-state index in [1.54, 1.807) is 18.3 Å². The molecule has 0 unspecified atom stereocenters. The monoisotopic (exact) mass is 437 g/mol. The number of carbonyl (C=O) groups is 1. The molecule has 0 spiro atoms. The van der Waals surface area contributed by atoms with Gasteiger partial charge in [-0.05, 0) is 59.9 Å². The van der Waals surface area contributed by atoms with Crippen molar-refractivity contribution in [3.05, 3.63) is 77.7 Å². The first kappa shape index (κ1) is 19.7. The van der Waals surface area contributed by atoms with Crippen LogP contribution in [0.5, 0.6) is 5.75 Å². The summed E-state index contributed by atoms with van der Waals surface area (Å²) >= 11 is 0. The fraction of sp³-hybridized carbons (Fsp3) is 0.231. The van der Waals surface area contributed by atoms with Crippen molar-refractivity contribution >= 4 is 11.7 Å². The second kappa shape index (κ2) is 7.55. The summed E-state index contributed by atoms with van der Waals surface area (Å²) in [6.07, 6.45) is 3.96. The van der Waals surface area contributed by atoms with Gasteiger partial charge >= 0.3 is 0 Å². The molecule has 0 saturated heterocycles. The van der Waals surface area contributed by atoms with Crippen LogP contribution in [0.1, 0.15) is 40.4 Å². The number of anilines is 1. The Bertz CT molecular complexity index is 1390. The van der Waals surface area contributed by atoms with Gasteiger partial charge in [0.1, 0.15) is 17.9 Å².